The van der Waals surface area contributed by atoms with Crippen molar-refractivity contribution >= 4 is 0 Å². The van der Waals surface area contributed by atoms with Crippen molar-refractivity contribution in [1.82, 2.24) is 0 Å². The molecule has 0 saturated carbocycles. The van der Waals surface area contributed by atoms with Gasteiger partial charge in [0.05, 0.1) is 165 Å². The van der Waals surface area contributed by atoms with Crippen LogP contribution in [0.4, 0.5) is 0 Å². The summed E-state index contributed by atoms with van der Waals surface area (Å²) in [5, 5.41) is 0. The van der Waals surface area contributed by atoms with Crippen molar-refractivity contribution in [3.63, 3.8) is 0 Å². The Balaban J connectivity index is 3.04. The van der Waals surface area contributed by atoms with Gasteiger partial charge in [-0.05, 0) is 20.3 Å². The standard InChI is InChI=1S/C34H70O13/c1-4-5-6-7-8-9-35-10-11-36-12-13-37-14-15-38-16-17-39-18-19-40-20-21-41-22-23-42-24-25-43-26-27-44-28-29-45-30-31-46-32-33-47-34(2)3/h34H,4-33H2,1-3H3. The summed E-state index contributed by atoms with van der Waals surface area (Å²) < 4.78 is 71.2. The number of unbranched alkanes of at least 4 members (excludes halogenated alkanes) is 4. The molecular formula is C34H70O13. The predicted molar refractivity (Wildman–Crippen MR) is 180 cm³/mol. The molecule has 0 bridgehead atoms. The Morgan fingerprint density at radius 2 is 0.468 bits per heavy atom. The van der Waals surface area contributed by atoms with Crippen LogP contribution in [0.15, 0.2) is 0 Å². The third kappa shape index (κ3) is 45.5. The van der Waals surface area contributed by atoms with E-state index in [2.05, 4.69) is 6.92 Å². The third-order valence-electron chi connectivity index (χ3n) is 6.16. The minimum atomic E-state index is 0.232. The third-order valence-corrected chi connectivity index (χ3v) is 6.16. The molecule has 13 nitrogen and oxygen atoms in total. The number of rotatable bonds is 43. The second-order valence-corrected chi connectivity index (χ2v) is 10.7. The van der Waals surface area contributed by atoms with E-state index >= 15 is 0 Å². The molecular weight excluding hydrogens is 616 g/mol. The molecule has 0 amide bonds. The van der Waals surface area contributed by atoms with Crippen molar-refractivity contribution in [1.29, 1.82) is 0 Å². The van der Waals surface area contributed by atoms with Gasteiger partial charge in [0.15, 0.2) is 0 Å². The Morgan fingerprint density at radius 1 is 0.255 bits per heavy atom. The van der Waals surface area contributed by atoms with E-state index in [1.807, 2.05) is 13.8 Å². The topological polar surface area (TPSA) is 120 Å². The van der Waals surface area contributed by atoms with E-state index in [9.17, 15) is 0 Å². The fraction of sp³-hybridized carbons (Fsp3) is 1.00. The smallest absolute Gasteiger partial charge is 0.0703 e. The van der Waals surface area contributed by atoms with E-state index in [1.165, 1.54) is 25.7 Å². The molecule has 0 fully saturated rings. The summed E-state index contributed by atoms with van der Waals surface area (Å²) in [5.74, 6) is 0. The molecule has 284 valence electrons. The van der Waals surface area contributed by atoms with Gasteiger partial charge in [0.1, 0.15) is 0 Å². The second-order valence-electron chi connectivity index (χ2n) is 10.7. The van der Waals surface area contributed by atoms with Gasteiger partial charge < -0.3 is 61.6 Å². The molecule has 0 aromatic carbocycles. The monoisotopic (exact) mass is 686 g/mol. The molecule has 0 heterocycles. The molecule has 0 radical (unpaired) electrons. The summed E-state index contributed by atoms with van der Waals surface area (Å²) in [7, 11) is 0. The maximum atomic E-state index is 5.56. The molecule has 0 spiro atoms. The van der Waals surface area contributed by atoms with Crippen LogP contribution in [0.1, 0.15) is 52.9 Å². The lowest BCUT2D eigenvalue weighted by atomic mass is 10.2. The first-order valence-corrected chi connectivity index (χ1v) is 17.8. The molecule has 47 heavy (non-hydrogen) atoms. The van der Waals surface area contributed by atoms with Gasteiger partial charge in [-0.3, -0.25) is 0 Å². The van der Waals surface area contributed by atoms with Gasteiger partial charge in [0.2, 0.25) is 0 Å². The molecule has 0 aliphatic rings. The molecule has 0 atom stereocenters. The van der Waals surface area contributed by atoms with Gasteiger partial charge in [-0.1, -0.05) is 32.6 Å². The second kappa shape index (κ2) is 43.5. The van der Waals surface area contributed by atoms with Crippen molar-refractivity contribution in [2.24, 2.45) is 0 Å². The van der Waals surface area contributed by atoms with Crippen molar-refractivity contribution in [3.05, 3.63) is 0 Å². The van der Waals surface area contributed by atoms with E-state index < -0.39 is 0 Å². The predicted octanol–water partition coefficient (Wildman–Crippen LogP) is 3.58. The lowest BCUT2D eigenvalue weighted by Gasteiger charge is -2.09. The minimum Gasteiger partial charge on any atom is -0.379 e. The Kier molecular flexibility index (Phi) is 43.0. The largest absolute Gasteiger partial charge is 0.379 e. The average molecular weight is 687 g/mol. The molecule has 0 aromatic rings. The molecule has 0 N–H and O–H groups in total. The summed E-state index contributed by atoms with van der Waals surface area (Å²) >= 11 is 0. The summed E-state index contributed by atoms with van der Waals surface area (Å²) in [4.78, 5) is 0. The first-order valence-electron chi connectivity index (χ1n) is 17.8. The first kappa shape index (κ1) is 46.5. The molecule has 0 saturated heterocycles. The fourth-order valence-electron chi connectivity index (χ4n) is 3.67. The summed E-state index contributed by atoms with van der Waals surface area (Å²) in [6.45, 7) is 20.1. The molecule has 0 aliphatic carbocycles. The number of ether oxygens (including phenoxy) is 13. The lowest BCUT2D eigenvalue weighted by Crippen LogP contribution is -2.15. The maximum absolute atomic E-state index is 5.56. The van der Waals surface area contributed by atoms with Crippen LogP contribution in [0.3, 0.4) is 0 Å². The Hall–Kier alpha value is -0.520. The molecule has 13 heteroatoms. The summed E-state index contributed by atoms with van der Waals surface area (Å²) in [6, 6.07) is 0. The summed E-state index contributed by atoms with van der Waals surface area (Å²) in [6.07, 6.45) is 6.51. The van der Waals surface area contributed by atoms with Crippen LogP contribution in [0.5, 0.6) is 0 Å². The van der Waals surface area contributed by atoms with Gasteiger partial charge >= 0.3 is 0 Å². The fourth-order valence-corrected chi connectivity index (χ4v) is 3.67. The van der Waals surface area contributed by atoms with Gasteiger partial charge in [-0.15, -0.1) is 0 Å². The number of hydrogen-bond acceptors (Lipinski definition) is 13. The van der Waals surface area contributed by atoms with Crippen LogP contribution >= 0.6 is 0 Å². The van der Waals surface area contributed by atoms with Crippen molar-refractivity contribution in [2.45, 2.75) is 59.0 Å². The van der Waals surface area contributed by atoms with Crippen LogP contribution in [-0.4, -0.2) is 171 Å². The van der Waals surface area contributed by atoms with Crippen LogP contribution in [0, 0.1) is 0 Å². The van der Waals surface area contributed by atoms with E-state index in [0.29, 0.717) is 159 Å². The molecule has 0 rings (SSSR count). The maximum Gasteiger partial charge on any atom is 0.0703 e. The zero-order valence-electron chi connectivity index (χ0n) is 30.1. The highest BCUT2D eigenvalue weighted by atomic mass is 16.6. The normalized spacial score (nSPS) is 11.7. The van der Waals surface area contributed by atoms with Gasteiger partial charge in [0.25, 0.3) is 0 Å². The average Bonchev–Trinajstić information content (AvgIpc) is 3.07. The van der Waals surface area contributed by atoms with Crippen LogP contribution in [-0.2, 0) is 61.6 Å². The van der Waals surface area contributed by atoms with Crippen molar-refractivity contribution in [3.8, 4) is 0 Å². The van der Waals surface area contributed by atoms with Gasteiger partial charge in [0, 0.05) is 6.61 Å². The highest BCUT2D eigenvalue weighted by Crippen LogP contribution is 2.02. The van der Waals surface area contributed by atoms with Crippen LogP contribution in [0.2, 0.25) is 0 Å². The zero-order chi connectivity index (χ0) is 34.0. The van der Waals surface area contributed by atoms with Crippen molar-refractivity contribution in [2.75, 3.05) is 165 Å². The minimum absolute atomic E-state index is 0.232. The molecule has 0 aromatic heterocycles. The first-order chi connectivity index (χ1) is 23.3. The summed E-state index contributed by atoms with van der Waals surface area (Å²) in [5.41, 5.74) is 0. The highest BCUT2D eigenvalue weighted by molar-refractivity contribution is 4.43. The molecule has 0 aliphatic heterocycles. The van der Waals surface area contributed by atoms with E-state index in [1.54, 1.807) is 0 Å². The Labute approximate surface area is 285 Å². The highest BCUT2D eigenvalue weighted by Gasteiger charge is 1.97. The van der Waals surface area contributed by atoms with Crippen LogP contribution < -0.4 is 0 Å². The lowest BCUT2D eigenvalue weighted by molar-refractivity contribution is -0.0298. The SMILES string of the molecule is CCCCCCCOCCOCCOCCOCCOCCOCCOCCOCCOCCOCCOCCOCCOC(C)C. The zero-order valence-corrected chi connectivity index (χ0v) is 30.1. The quantitative estimate of drug-likeness (QED) is 0.0871. The van der Waals surface area contributed by atoms with E-state index in [-0.39, 0.29) is 6.10 Å². The van der Waals surface area contributed by atoms with E-state index in [4.69, 9.17) is 61.6 Å². The van der Waals surface area contributed by atoms with E-state index in [0.717, 1.165) is 13.0 Å². The molecule has 0 unspecified atom stereocenters. The van der Waals surface area contributed by atoms with Gasteiger partial charge in [-0.25, -0.2) is 0 Å². The Morgan fingerprint density at radius 3 is 0.702 bits per heavy atom. The van der Waals surface area contributed by atoms with Gasteiger partial charge in [-0.2, -0.15) is 0 Å². The number of hydrogen-bond donors (Lipinski definition) is 0. The van der Waals surface area contributed by atoms with Crippen LogP contribution in [0.25, 0.3) is 0 Å². The Bertz CT molecular complexity index is 546. The van der Waals surface area contributed by atoms with Crippen molar-refractivity contribution < 1.29 is 61.6 Å².